The molecule has 5 nitrogen and oxygen atoms in total. The molecule has 0 fully saturated rings. The second-order valence-electron chi connectivity index (χ2n) is 7.26. The number of nitrogens with zero attached hydrogens (tertiary/aromatic N) is 2. The number of carbonyl (C=O) groups is 1. The average Bonchev–Trinajstić information content (AvgIpc) is 3.25. The highest BCUT2D eigenvalue weighted by atomic mass is 32.1. The predicted octanol–water partition coefficient (Wildman–Crippen LogP) is 5.11. The Hall–Kier alpha value is -3.77. The van der Waals surface area contributed by atoms with Gasteiger partial charge >= 0.3 is 5.97 Å². The molecular formula is C25H18N2O3S. The Balaban J connectivity index is 1.58. The Bertz CT molecular complexity index is 1500. The third-order valence-corrected chi connectivity index (χ3v) is 6.21. The molecule has 0 radical (unpaired) electrons. The van der Waals surface area contributed by atoms with Crippen LogP contribution in [0.5, 0.6) is 0 Å². The highest BCUT2D eigenvalue weighted by Crippen LogP contribution is 2.32. The fourth-order valence-electron chi connectivity index (χ4n) is 3.76. The monoisotopic (exact) mass is 426 g/mol. The second kappa shape index (κ2) is 7.81. The maximum atomic E-state index is 13.4. The molecule has 0 bridgehead atoms. The van der Waals surface area contributed by atoms with Gasteiger partial charge in [-0.15, -0.1) is 11.3 Å². The Kier molecular flexibility index (Phi) is 4.84. The van der Waals surface area contributed by atoms with Gasteiger partial charge in [-0.3, -0.25) is 9.36 Å². The topological polar surface area (TPSA) is 61.2 Å². The predicted molar refractivity (Wildman–Crippen MR) is 124 cm³/mol. The van der Waals surface area contributed by atoms with Crippen LogP contribution in [0.2, 0.25) is 0 Å². The van der Waals surface area contributed by atoms with Crippen molar-refractivity contribution < 1.29 is 9.53 Å². The first-order chi connectivity index (χ1) is 15.1. The summed E-state index contributed by atoms with van der Waals surface area (Å²) >= 11 is 1.47. The number of aromatic nitrogens is 2. The smallest absolute Gasteiger partial charge is 0.337 e. The van der Waals surface area contributed by atoms with Crippen LogP contribution in [-0.4, -0.2) is 22.6 Å². The van der Waals surface area contributed by atoms with Gasteiger partial charge in [0.25, 0.3) is 5.56 Å². The summed E-state index contributed by atoms with van der Waals surface area (Å²) in [5.41, 5.74) is 3.07. The van der Waals surface area contributed by atoms with E-state index in [1.54, 1.807) is 29.1 Å². The quantitative estimate of drug-likeness (QED) is 0.375. The SMILES string of the molecule is COC(=O)c1cccc(Cn2cnc3scc(-c4ccc5ccccc5c4)c3c2=O)c1. The van der Waals surface area contributed by atoms with Gasteiger partial charge in [-0.25, -0.2) is 9.78 Å². The summed E-state index contributed by atoms with van der Waals surface area (Å²) in [5.74, 6) is -0.404. The largest absolute Gasteiger partial charge is 0.465 e. The van der Waals surface area contributed by atoms with Gasteiger partial charge in [0, 0.05) is 10.9 Å². The molecule has 0 saturated heterocycles. The number of thiophene rings is 1. The molecule has 0 spiro atoms. The van der Waals surface area contributed by atoms with Gasteiger partial charge in [0.1, 0.15) is 4.83 Å². The maximum absolute atomic E-state index is 13.4. The van der Waals surface area contributed by atoms with Crippen molar-refractivity contribution in [2.45, 2.75) is 6.54 Å². The van der Waals surface area contributed by atoms with Crippen molar-refractivity contribution >= 4 is 38.3 Å². The minimum atomic E-state index is -0.404. The lowest BCUT2D eigenvalue weighted by atomic mass is 10.0. The zero-order chi connectivity index (χ0) is 21.4. The number of carbonyl (C=O) groups excluding carboxylic acids is 1. The summed E-state index contributed by atoms with van der Waals surface area (Å²) in [7, 11) is 1.35. The van der Waals surface area contributed by atoms with E-state index in [2.05, 4.69) is 29.2 Å². The summed E-state index contributed by atoms with van der Waals surface area (Å²) < 4.78 is 6.37. The van der Waals surface area contributed by atoms with Crippen LogP contribution in [0, 0.1) is 0 Å². The molecule has 3 aromatic carbocycles. The van der Waals surface area contributed by atoms with Gasteiger partial charge in [0.2, 0.25) is 0 Å². The van der Waals surface area contributed by atoms with Gasteiger partial charge in [0.05, 0.1) is 30.9 Å². The molecule has 0 amide bonds. The van der Waals surface area contributed by atoms with Gasteiger partial charge in [-0.2, -0.15) is 0 Å². The van der Waals surface area contributed by atoms with Crippen LogP contribution in [0.1, 0.15) is 15.9 Å². The first-order valence-electron chi connectivity index (χ1n) is 9.77. The number of esters is 1. The van der Waals surface area contributed by atoms with Crippen molar-refractivity contribution in [3.05, 3.63) is 99.9 Å². The summed E-state index contributed by atoms with van der Waals surface area (Å²) in [5, 5.41) is 4.90. The molecule has 0 aliphatic heterocycles. The van der Waals surface area contributed by atoms with Crippen molar-refractivity contribution in [1.29, 1.82) is 0 Å². The van der Waals surface area contributed by atoms with Crippen molar-refractivity contribution in [1.82, 2.24) is 9.55 Å². The summed E-state index contributed by atoms with van der Waals surface area (Å²) in [4.78, 5) is 30.4. The Labute approximate surface area is 182 Å². The summed E-state index contributed by atoms with van der Waals surface area (Å²) in [6.07, 6.45) is 1.57. The lowest BCUT2D eigenvalue weighted by Crippen LogP contribution is -2.21. The lowest BCUT2D eigenvalue weighted by Gasteiger charge is -2.08. The van der Waals surface area contributed by atoms with E-state index in [4.69, 9.17) is 4.74 Å². The van der Waals surface area contributed by atoms with Crippen LogP contribution in [-0.2, 0) is 11.3 Å². The van der Waals surface area contributed by atoms with E-state index in [0.717, 1.165) is 27.5 Å². The van der Waals surface area contributed by atoms with E-state index in [0.29, 0.717) is 22.3 Å². The molecule has 5 rings (SSSR count). The number of ether oxygens (including phenoxy) is 1. The summed E-state index contributed by atoms with van der Waals surface area (Å²) in [6.45, 7) is 0.319. The van der Waals surface area contributed by atoms with Crippen molar-refractivity contribution in [2.75, 3.05) is 7.11 Å². The average molecular weight is 426 g/mol. The first kappa shape index (κ1) is 19.2. The third kappa shape index (κ3) is 3.51. The number of methoxy groups -OCH3 is 1. The molecule has 152 valence electrons. The van der Waals surface area contributed by atoms with E-state index in [1.165, 1.54) is 18.4 Å². The lowest BCUT2D eigenvalue weighted by molar-refractivity contribution is 0.0600. The van der Waals surface area contributed by atoms with E-state index in [-0.39, 0.29) is 5.56 Å². The van der Waals surface area contributed by atoms with Crippen LogP contribution >= 0.6 is 11.3 Å². The van der Waals surface area contributed by atoms with Gasteiger partial charge < -0.3 is 4.74 Å². The number of fused-ring (bicyclic) bond motifs is 2. The first-order valence-corrected chi connectivity index (χ1v) is 10.6. The van der Waals surface area contributed by atoms with E-state index >= 15 is 0 Å². The normalized spacial score (nSPS) is 11.1. The van der Waals surface area contributed by atoms with Crippen LogP contribution in [0.25, 0.3) is 32.1 Å². The molecule has 0 unspecified atom stereocenters. The minimum absolute atomic E-state index is 0.0992. The van der Waals surface area contributed by atoms with Crippen LogP contribution < -0.4 is 5.56 Å². The third-order valence-electron chi connectivity index (χ3n) is 5.32. The van der Waals surface area contributed by atoms with Gasteiger partial charge in [-0.1, -0.05) is 48.5 Å². The molecule has 0 aliphatic rings. The highest BCUT2D eigenvalue weighted by molar-refractivity contribution is 7.17. The van der Waals surface area contributed by atoms with Crippen LogP contribution in [0.15, 0.2) is 83.2 Å². The molecule has 31 heavy (non-hydrogen) atoms. The molecule has 2 aromatic heterocycles. The van der Waals surface area contributed by atoms with Crippen molar-refractivity contribution in [2.24, 2.45) is 0 Å². The Morgan fingerprint density at radius 3 is 2.71 bits per heavy atom. The highest BCUT2D eigenvalue weighted by Gasteiger charge is 2.14. The van der Waals surface area contributed by atoms with Gasteiger partial charge in [0.15, 0.2) is 0 Å². The van der Waals surface area contributed by atoms with Crippen LogP contribution in [0.3, 0.4) is 0 Å². The molecule has 0 saturated carbocycles. The number of rotatable bonds is 4. The number of hydrogen-bond donors (Lipinski definition) is 0. The molecule has 6 heteroatoms. The molecule has 0 atom stereocenters. The number of benzene rings is 3. The van der Waals surface area contributed by atoms with Crippen LogP contribution in [0.4, 0.5) is 0 Å². The van der Waals surface area contributed by atoms with E-state index in [1.807, 2.05) is 29.6 Å². The summed E-state index contributed by atoms with van der Waals surface area (Å²) in [6, 6.07) is 21.5. The standard InChI is InChI=1S/C25H18N2O3S/c1-30-25(29)20-8-4-5-16(11-20)13-27-15-26-23-22(24(27)28)21(14-31-23)19-10-9-17-6-2-3-7-18(17)12-19/h2-12,14-15H,13H2,1H3. The maximum Gasteiger partial charge on any atom is 0.337 e. The fourth-order valence-corrected chi connectivity index (χ4v) is 4.67. The Morgan fingerprint density at radius 2 is 1.87 bits per heavy atom. The zero-order valence-electron chi connectivity index (χ0n) is 16.7. The molecule has 5 aromatic rings. The van der Waals surface area contributed by atoms with Gasteiger partial charge in [-0.05, 0) is 40.1 Å². The molecule has 2 heterocycles. The number of hydrogen-bond acceptors (Lipinski definition) is 5. The van der Waals surface area contributed by atoms with E-state index in [9.17, 15) is 9.59 Å². The fraction of sp³-hybridized carbons (Fsp3) is 0.0800. The van der Waals surface area contributed by atoms with E-state index < -0.39 is 5.97 Å². The van der Waals surface area contributed by atoms with Crippen molar-refractivity contribution in [3.8, 4) is 11.1 Å². The zero-order valence-corrected chi connectivity index (χ0v) is 17.6. The minimum Gasteiger partial charge on any atom is -0.465 e. The second-order valence-corrected chi connectivity index (χ2v) is 8.12. The van der Waals surface area contributed by atoms with Crippen molar-refractivity contribution in [3.63, 3.8) is 0 Å². The molecule has 0 aliphatic carbocycles. The molecular weight excluding hydrogens is 408 g/mol. The molecule has 0 N–H and O–H groups in total. The Morgan fingerprint density at radius 1 is 1.03 bits per heavy atom.